The summed E-state index contributed by atoms with van der Waals surface area (Å²) in [5.41, 5.74) is 8.96. The Kier molecular flexibility index (Phi) is 4.06. The maximum absolute atomic E-state index is 6.27. The number of hydrogen-bond donors (Lipinski definition) is 1. The number of nitrogen functional groups attached to an aromatic ring is 1. The maximum Gasteiger partial charge on any atom is 0.230 e. The van der Waals surface area contributed by atoms with Gasteiger partial charge in [-0.2, -0.15) is 0 Å². The van der Waals surface area contributed by atoms with Gasteiger partial charge in [-0.05, 0) is 24.3 Å². The minimum Gasteiger partial charge on any atom is -0.367 e. The van der Waals surface area contributed by atoms with Crippen LogP contribution >= 0.6 is 43.5 Å². The van der Waals surface area contributed by atoms with Gasteiger partial charge in [-0.1, -0.05) is 66.8 Å². The Hall–Kier alpha value is -1.30. The molecule has 0 saturated carbocycles. The normalized spacial score (nSPS) is 10.8. The highest BCUT2D eigenvalue weighted by Gasteiger charge is 2.21. The number of hydrogen-bond acceptors (Lipinski definition) is 3. The molecule has 0 aliphatic carbocycles. The van der Waals surface area contributed by atoms with Gasteiger partial charge >= 0.3 is 0 Å². The van der Waals surface area contributed by atoms with Crippen molar-refractivity contribution in [2.45, 2.75) is 0 Å². The Morgan fingerprint density at radius 2 is 1.81 bits per heavy atom. The van der Waals surface area contributed by atoms with Crippen LogP contribution in [0.15, 0.2) is 55.9 Å². The highest BCUT2D eigenvalue weighted by molar-refractivity contribution is 9.11. The van der Waals surface area contributed by atoms with Crippen LogP contribution in [0.4, 0.5) is 5.88 Å². The maximum atomic E-state index is 6.27. The van der Waals surface area contributed by atoms with Gasteiger partial charge in [0.05, 0.1) is 5.56 Å². The molecule has 2 aromatic carbocycles. The lowest BCUT2D eigenvalue weighted by Crippen LogP contribution is -1.89. The van der Waals surface area contributed by atoms with Gasteiger partial charge in [0.15, 0.2) is 0 Å². The molecule has 2 N–H and O–H groups in total. The zero-order chi connectivity index (χ0) is 15.0. The van der Waals surface area contributed by atoms with Crippen LogP contribution in [0.2, 0.25) is 5.02 Å². The minimum atomic E-state index is 0.241. The molecule has 1 aromatic heterocycles. The van der Waals surface area contributed by atoms with Crippen LogP contribution in [-0.2, 0) is 0 Å². The van der Waals surface area contributed by atoms with E-state index in [4.69, 9.17) is 21.9 Å². The lowest BCUT2D eigenvalue weighted by atomic mass is 10.0. The van der Waals surface area contributed by atoms with Crippen molar-refractivity contribution in [1.82, 2.24) is 5.16 Å². The van der Waals surface area contributed by atoms with E-state index in [0.717, 1.165) is 20.1 Å². The second kappa shape index (κ2) is 5.83. The molecule has 3 nitrogen and oxygen atoms in total. The SMILES string of the molecule is Nc1onc(-c2cc(Br)ccc2Br)c1-c1ccccc1Cl. The third kappa shape index (κ3) is 2.73. The van der Waals surface area contributed by atoms with E-state index in [1.54, 1.807) is 0 Å². The summed E-state index contributed by atoms with van der Waals surface area (Å²) in [6.07, 6.45) is 0. The average Bonchev–Trinajstić information content (AvgIpc) is 2.84. The van der Waals surface area contributed by atoms with Gasteiger partial charge in [0.25, 0.3) is 0 Å². The highest BCUT2D eigenvalue weighted by Crippen LogP contribution is 2.42. The first-order chi connectivity index (χ1) is 10.1. The second-order valence-electron chi connectivity index (χ2n) is 4.37. The fraction of sp³-hybridized carbons (Fsp3) is 0. The fourth-order valence-electron chi connectivity index (χ4n) is 2.09. The predicted molar refractivity (Wildman–Crippen MR) is 92.2 cm³/mol. The van der Waals surface area contributed by atoms with Crippen molar-refractivity contribution in [3.63, 3.8) is 0 Å². The molecule has 21 heavy (non-hydrogen) atoms. The molecule has 0 unspecified atom stereocenters. The number of rotatable bonds is 2. The summed E-state index contributed by atoms with van der Waals surface area (Å²) in [4.78, 5) is 0. The fourth-order valence-corrected chi connectivity index (χ4v) is 3.12. The Balaban J connectivity index is 2.27. The van der Waals surface area contributed by atoms with Gasteiger partial charge in [-0.15, -0.1) is 0 Å². The third-order valence-corrected chi connectivity index (χ3v) is 4.56. The van der Waals surface area contributed by atoms with Crippen LogP contribution < -0.4 is 5.73 Å². The number of nitrogens with two attached hydrogens (primary N) is 1. The first kappa shape index (κ1) is 14.6. The average molecular weight is 429 g/mol. The van der Waals surface area contributed by atoms with Crippen molar-refractivity contribution < 1.29 is 4.52 Å². The summed E-state index contributed by atoms with van der Waals surface area (Å²) < 4.78 is 7.02. The molecule has 106 valence electrons. The van der Waals surface area contributed by atoms with Crippen LogP contribution in [0, 0.1) is 0 Å². The van der Waals surface area contributed by atoms with E-state index in [2.05, 4.69) is 37.0 Å². The number of aromatic nitrogens is 1. The van der Waals surface area contributed by atoms with Crippen molar-refractivity contribution >= 4 is 49.3 Å². The van der Waals surface area contributed by atoms with Crippen molar-refractivity contribution in [2.24, 2.45) is 0 Å². The number of nitrogens with zero attached hydrogens (tertiary/aromatic N) is 1. The summed E-state index contributed by atoms with van der Waals surface area (Å²) in [5.74, 6) is 0.241. The summed E-state index contributed by atoms with van der Waals surface area (Å²) in [6, 6.07) is 13.3. The monoisotopic (exact) mass is 426 g/mol. The van der Waals surface area contributed by atoms with Gasteiger partial charge in [-0.3, -0.25) is 0 Å². The molecule has 0 spiro atoms. The van der Waals surface area contributed by atoms with Crippen LogP contribution in [0.3, 0.4) is 0 Å². The lowest BCUT2D eigenvalue weighted by Gasteiger charge is -2.07. The number of anilines is 1. The molecule has 3 rings (SSSR count). The molecule has 0 atom stereocenters. The molecule has 6 heteroatoms. The summed E-state index contributed by atoms with van der Waals surface area (Å²) in [7, 11) is 0. The Morgan fingerprint density at radius 3 is 2.57 bits per heavy atom. The molecular formula is C15H9Br2ClN2O. The number of halogens is 3. The van der Waals surface area contributed by atoms with Gasteiger partial charge < -0.3 is 10.3 Å². The van der Waals surface area contributed by atoms with Crippen molar-refractivity contribution in [3.05, 3.63) is 56.4 Å². The van der Waals surface area contributed by atoms with Crippen LogP contribution in [0.25, 0.3) is 22.4 Å². The molecule has 1 heterocycles. The molecule has 0 saturated heterocycles. The molecule has 0 amide bonds. The largest absolute Gasteiger partial charge is 0.367 e. The molecule has 3 aromatic rings. The topological polar surface area (TPSA) is 52.0 Å². The van der Waals surface area contributed by atoms with Crippen molar-refractivity contribution in [2.75, 3.05) is 5.73 Å². The Labute approximate surface area is 143 Å². The Morgan fingerprint density at radius 1 is 1.05 bits per heavy atom. The molecule has 0 aliphatic heterocycles. The van der Waals surface area contributed by atoms with Gasteiger partial charge in [0, 0.05) is 25.1 Å². The van der Waals surface area contributed by atoms with E-state index in [-0.39, 0.29) is 5.88 Å². The van der Waals surface area contributed by atoms with Crippen LogP contribution in [0.1, 0.15) is 0 Å². The van der Waals surface area contributed by atoms with E-state index in [1.165, 1.54) is 0 Å². The summed E-state index contributed by atoms with van der Waals surface area (Å²) in [5, 5.41) is 4.69. The van der Waals surface area contributed by atoms with Crippen LogP contribution in [-0.4, -0.2) is 5.16 Å². The predicted octanol–water partition coefficient (Wildman–Crippen LogP) is 5.77. The smallest absolute Gasteiger partial charge is 0.230 e. The third-order valence-electron chi connectivity index (χ3n) is 3.05. The van der Waals surface area contributed by atoms with Gasteiger partial charge in [0.1, 0.15) is 5.69 Å². The molecule has 0 radical (unpaired) electrons. The zero-order valence-electron chi connectivity index (χ0n) is 10.6. The zero-order valence-corrected chi connectivity index (χ0v) is 14.5. The molecule has 0 aliphatic rings. The molecule has 0 bridgehead atoms. The summed E-state index contributed by atoms with van der Waals surface area (Å²) in [6.45, 7) is 0. The van der Waals surface area contributed by atoms with Crippen molar-refractivity contribution in [1.29, 1.82) is 0 Å². The first-order valence-electron chi connectivity index (χ1n) is 6.03. The van der Waals surface area contributed by atoms with Crippen molar-refractivity contribution in [3.8, 4) is 22.4 Å². The van der Waals surface area contributed by atoms with Gasteiger partial charge in [0.2, 0.25) is 5.88 Å². The van der Waals surface area contributed by atoms with E-state index in [1.807, 2.05) is 42.5 Å². The minimum absolute atomic E-state index is 0.241. The van der Waals surface area contributed by atoms with E-state index >= 15 is 0 Å². The Bertz CT molecular complexity index is 817. The van der Waals surface area contributed by atoms with E-state index < -0.39 is 0 Å². The van der Waals surface area contributed by atoms with E-state index in [0.29, 0.717) is 16.3 Å². The van der Waals surface area contributed by atoms with Crippen LogP contribution in [0.5, 0.6) is 0 Å². The highest BCUT2D eigenvalue weighted by atomic mass is 79.9. The summed E-state index contributed by atoms with van der Waals surface area (Å²) >= 11 is 13.3. The number of benzene rings is 2. The van der Waals surface area contributed by atoms with E-state index in [9.17, 15) is 0 Å². The lowest BCUT2D eigenvalue weighted by molar-refractivity contribution is 0.439. The molecule has 0 fully saturated rings. The molecular weight excluding hydrogens is 419 g/mol. The first-order valence-corrected chi connectivity index (χ1v) is 8.00. The second-order valence-corrected chi connectivity index (χ2v) is 6.55. The van der Waals surface area contributed by atoms with Gasteiger partial charge in [-0.25, -0.2) is 0 Å². The standard InChI is InChI=1S/C15H9Br2ClN2O/c16-8-5-6-11(17)10(7-8)14-13(15(19)21-20-14)9-3-1-2-4-12(9)18/h1-7H,19H2. The quantitative estimate of drug-likeness (QED) is 0.564.